The van der Waals surface area contributed by atoms with Crippen molar-refractivity contribution in [3.63, 3.8) is 0 Å². The van der Waals surface area contributed by atoms with Gasteiger partial charge in [-0.3, -0.25) is 4.79 Å². The van der Waals surface area contributed by atoms with Crippen molar-refractivity contribution in [3.8, 4) is 0 Å². The van der Waals surface area contributed by atoms with E-state index in [1.54, 1.807) is 0 Å². The fourth-order valence-electron chi connectivity index (χ4n) is 2.04. The lowest BCUT2D eigenvalue weighted by molar-refractivity contribution is -0.137. The summed E-state index contributed by atoms with van der Waals surface area (Å²) < 4.78 is 37.8. The van der Waals surface area contributed by atoms with Gasteiger partial charge >= 0.3 is 6.18 Å². The normalized spacial score (nSPS) is 13.3. The van der Waals surface area contributed by atoms with Gasteiger partial charge in [-0.25, -0.2) is 0 Å². The Morgan fingerprint density at radius 1 is 1.29 bits per heavy atom. The Balaban J connectivity index is 2.68. The van der Waals surface area contributed by atoms with Crippen molar-refractivity contribution in [3.05, 3.63) is 35.4 Å². The molecule has 2 N–H and O–H groups in total. The number of alkyl halides is 3. The molecule has 1 aromatic carbocycles. The summed E-state index contributed by atoms with van der Waals surface area (Å²) in [6, 6.07) is 4.49. The van der Waals surface area contributed by atoms with E-state index < -0.39 is 17.8 Å². The Morgan fingerprint density at radius 2 is 1.90 bits per heavy atom. The maximum Gasteiger partial charge on any atom is 0.416 e. The Labute approximate surface area is 122 Å². The largest absolute Gasteiger partial charge is 0.416 e. The second-order valence-corrected chi connectivity index (χ2v) is 4.90. The van der Waals surface area contributed by atoms with Crippen LogP contribution in [0.2, 0.25) is 0 Å². The van der Waals surface area contributed by atoms with E-state index in [4.69, 9.17) is 0 Å². The van der Waals surface area contributed by atoms with Crippen molar-refractivity contribution < 1.29 is 23.1 Å². The van der Waals surface area contributed by atoms with Crippen molar-refractivity contribution >= 4 is 5.91 Å². The van der Waals surface area contributed by atoms with Crippen LogP contribution in [0.3, 0.4) is 0 Å². The van der Waals surface area contributed by atoms with Gasteiger partial charge in [0.05, 0.1) is 11.7 Å². The molecule has 0 spiro atoms. The Bertz CT molecular complexity index is 470. The molecule has 1 rings (SSSR count). The molecule has 1 aromatic rings. The number of amides is 1. The standard InChI is InChI=1S/C15H20F3NO2/c1-3-10(4-2)14(21)19-9-13(20)11-6-5-7-12(8-11)15(16,17)18/h5-8,10,13,20H,3-4,9H2,1-2H3,(H,19,21). The van der Waals surface area contributed by atoms with Crippen LogP contribution < -0.4 is 5.32 Å². The van der Waals surface area contributed by atoms with Crippen molar-refractivity contribution in [2.45, 2.75) is 39.0 Å². The lowest BCUT2D eigenvalue weighted by Crippen LogP contribution is -2.33. The van der Waals surface area contributed by atoms with E-state index in [-0.39, 0.29) is 23.9 Å². The summed E-state index contributed by atoms with van der Waals surface area (Å²) in [5.74, 6) is -0.329. The van der Waals surface area contributed by atoms with E-state index in [0.717, 1.165) is 12.1 Å². The lowest BCUT2D eigenvalue weighted by Gasteiger charge is -2.17. The maximum absolute atomic E-state index is 12.6. The number of halogens is 3. The van der Waals surface area contributed by atoms with Gasteiger partial charge < -0.3 is 10.4 Å². The summed E-state index contributed by atoms with van der Waals surface area (Å²) in [7, 11) is 0. The van der Waals surface area contributed by atoms with Crippen LogP contribution in [0.1, 0.15) is 43.9 Å². The number of aliphatic hydroxyl groups is 1. The SMILES string of the molecule is CCC(CC)C(=O)NCC(O)c1cccc(C(F)(F)F)c1. The number of hydrogen-bond acceptors (Lipinski definition) is 2. The summed E-state index contributed by atoms with van der Waals surface area (Å²) >= 11 is 0. The van der Waals surface area contributed by atoms with E-state index in [1.165, 1.54) is 12.1 Å². The topological polar surface area (TPSA) is 49.3 Å². The van der Waals surface area contributed by atoms with E-state index in [2.05, 4.69) is 5.32 Å². The number of carbonyl (C=O) groups is 1. The van der Waals surface area contributed by atoms with Crippen molar-refractivity contribution in [2.75, 3.05) is 6.54 Å². The average molecular weight is 303 g/mol. The number of hydrogen-bond donors (Lipinski definition) is 2. The Hall–Kier alpha value is -1.56. The number of nitrogens with one attached hydrogen (secondary N) is 1. The van der Waals surface area contributed by atoms with Gasteiger partial charge in [-0.05, 0) is 30.5 Å². The first-order valence-electron chi connectivity index (χ1n) is 6.92. The van der Waals surface area contributed by atoms with Crippen LogP contribution in [-0.2, 0) is 11.0 Å². The molecule has 1 atom stereocenters. The molecule has 0 bridgehead atoms. The fraction of sp³-hybridized carbons (Fsp3) is 0.533. The van der Waals surface area contributed by atoms with Crippen LogP contribution >= 0.6 is 0 Å². The molecule has 1 amide bonds. The molecular formula is C15H20F3NO2. The monoisotopic (exact) mass is 303 g/mol. The number of carbonyl (C=O) groups excluding carboxylic acids is 1. The summed E-state index contributed by atoms with van der Waals surface area (Å²) in [4.78, 5) is 11.8. The molecule has 118 valence electrons. The molecule has 0 aliphatic carbocycles. The zero-order chi connectivity index (χ0) is 16.0. The first-order chi connectivity index (χ1) is 9.79. The quantitative estimate of drug-likeness (QED) is 0.847. The number of rotatable bonds is 6. The second-order valence-electron chi connectivity index (χ2n) is 4.90. The molecular weight excluding hydrogens is 283 g/mol. The third-order valence-electron chi connectivity index (χ3n) is 3.42. The Kier molecular flexibility index (Phi) is 6.20. The first kappa shape index (κ1) is 17.5. The highest BCUT2D eigenvalue weighted by Gasteiger charge is 2.30. The molecule has 0 radical (unpaired) electrons. The van der Waals surface area contributed by atoms with E-state index in [0.29, 0.717) is 12.8 Å². The molecule has 1 unspecified atom stereocenters. The second kappa shape index (κ2) is 7.45. The lowest BCUT2D eigenvalue weighted by atomic mass is 10.0. The number of benzene rings is 1. The molecule has 21 heavy (non-hydrogen) atoms. The summed E-state index contributed by atoms with van der Waals surface area (Å²) in [6.45, 7) is 3.67. The van der Waals surface area contributed by atoms with Crippen LogP contribution in [0.15, 0.2) is 24.3 Å². The molecule has 6 heteroatoms. The van der Waals surface area contributed by atoms with Gasteiger partial charge in [-0.1, -0.05) is 26.0 Å². The van der Waals surface area contributed by atoms with Gasteiger partial charge in [0.2, 0.25) is 5.91 Å². The molecule has 0 saturated carbocycles. The van der Waals surface area contributed by atoms with Gasteiger partial charge in [-0.15, -0.1) is 0 Å². The van der Waals surface area contributed by atoms with Crippen LogP contribution in [0.25, 0.3) is 0 Å². The zero-order valence-corrected chi connectivity index (χ0v) is 12.1. The van der Waals surface area contributed by atoms with E-state index in [1.807, 2.05) is 13.8 Å². The highest BCUT2D eigenvalue weighted by Crippen LogP contribution is 2.30. The van der Waals surface area contributed by atoms with Crippen molar-refractivity contribution in [1.29, 1.82) is 0 Å². The maximum atomic E-state index is 12.6. The molecule has 0 heterocycles. The predicted molar refractivity (Wildman–Crippen MR) is 73.5 cm³/mol. The highest BCUT2D eigenvalue weighted by atomic mass is 19.4. The predicted octanol–water partition coefficient (Wildman–Crippen LogP) is 3.29. The fourth-order valence-corrected chi connectivity index (χ4v) is 2.04. The zero-order valence-electron chi connectivity index (χ0n) is 12.1. The molecule has 0 aromatic heterocycles. The minimum absolute atomic E-state index is 0.101. The number of aliphatic hydroxyl groups excluding tert-OH is 1. The van der Waals surface area contributed by atoms with Crippen LogP contribution in [0.5, 0.6) is 0 Å². The minimum Gasteiger partial charge on any atom is -0.387 e. The highest BCUT2D eigenvalue weighted by molar-refractivity contribution is 5.78. The third kappa shape index (κ3) is 5.04. The Morgan fingerprint density at radius 3 is 2.43 bits per heavy atom. The van der Waals surface area contributed by atoms with E-state index >= 15 is 0 Å². The van der Waals surface area contributed by atoms with Crippen molar-refractivity contribution in [1.82, 2.24) is 5.32 Å². The van der Waals surface area contributed by atoms with Gasteiger partial charge in [0.15, 0.2) is 0 Å². The average Bonchev–Trinajstić information content (AvgIpc) is 2.45. The van der Waals surface area contributed by atoms with E-state index in [9.17, 15) is 23.1 Å². The molecule has 3 nitrogen and oxygen atoms in total. The van der Waals surface area contributed by atoms with Gasteiger partial charge in [0.1, 0.15) is 0 Å². The summed E-state index contributed by atoms with van der Waals surface area (Å²) in [5.41, 5.74) is -0.681. The third-order valence-corrected chi connectivity index (χ3v) is 3.42. The van der Waals surface area contributed by atoms with Crippen LogP contribution in [0, 0.1) is 5.92 Å². The van der Waals surface area contributed by atoms with Gasteiger partial charge in [0.25, 0.3) is 0 Å². The molecule has 0 saturated heterocycles. The smallest absolute Gasteiger partial charge is 0.387 e. The van der Waals surface area contributed by atoms with Crippen molar-refractivity contribution in [2.24, 2.45) is 5.92 Å². The van der Waals surface area contributed by atoms with Gasteiger partial charge in [-0.2, -0.15) is 13.2 Å². The summed E-state index contributed by atoms with van der Waals surface area (Å²) in [5, 5.41) is 12.5. The van der Waals surface area contributed by atoms with Gasteiger partial charge in [0, 0.05) is 12.5 Å². The van der Waals surface area contributed by atoms with Crippen LogP contribution in [0.4, 0.5) is 13.2 Å². The van der Waals surface area contributed by atoms with Crippen LogP contribution in [-0.4, -0.2) is 17.6 Å². The molecule has 0 aliphatic rings. The minimum atomic E-state index is -4.45. The molecule has 0 aliphatic heterocycles. The first-order valence-corrected chi connectivity index (χ1v) is 6.92. The molecule has 0 fully saturated rings. The summed E-state index contributed by atoms with van der Waals surface area (Å²) in [6.07, 6.45) is -4.25.